The summed E-state index contributed by atoms with van der Waals surface area (Å²) in [6.07, 6.45) is 3.53. The molecule has 0 aliphatic heterocycles. The molecule has 0 fully saturated rings. The number of fused-ring (bicyclic) bond motifs is 1. The molecule has 122 valence electrons. The van der Waals surface area contributed by atoms with E-state index in [0.29, 0.717) is 5.95 Å². The van der Waals surface area contributed by atoms with Crippen LogP contribution in [0.15, 0.2) is 79.1 Å². The molecule has 0 atom stereocenters. The van der Waals surface area contributed by atoms with Gasteiger partial charge in [0.1, 0.15) is 5.82 Å². The zero-order valence-corrected chi connectivity index (χ0v) is 13.6. The lowest BCUT2D eigenvalue weighted by Crippen LogP contribution is -2.04. The minimum Gasteiger partial charge on any atom is -0.366 e. The van der Waals surface area contributed by atoms with Gasteiger partial charge in [-0.15, -0.1) is 0 Å². The van der Waals surface area contributed by atoms with Crippen molar-refractivity contribution >= 4 is 28.4 Å². The maximum atomic E-state index is 4.51. The predicted octanol–water partition coefficient (Wildman–Crippen LogP) is 4.38. The fourth-order valence-electron chi connectivity index (χ4n) is 2.59. The molecule has 4 aromatic rings. The van der Waals surface area contributed by atoms with Gasteiger partial charge in [-0.25, -0.2) is 4.98 Å². The van der Waals surface area contributed by atoms with E-state index in [4.69, 9.17) is 0 Å². The van der Waals surface area contributed by atoms with Gasteiger partial charge in [-0.2, -0.15) is 4.98 Å². The van der Waals surface area contributed by atoms with E-state index < -0.39 is 0 Å². The van der Waals surface area contributed by atoms with Crippen LogP contribution in [0, 0.1) is 0 Å². The van der Waals surface area contributed by atoms with Crippen LogP contribution in [0.1, 0.15) is 5.56 Å². The quantitative estimate of drug-likeness (QED) is 0.569. The maximum Gasteiger partial charge on any atom is 0.229 e. The monoisotopic (exact) mass is 327 g/mol. The van der Waals surface area contributed by atoms with Gasteiger partial charge in [-0.05, 0) is 35.9 Å². The molecule has 5 heteroatoms. The van der Waals surface area contributed by atoms with E-state index in [1.807, 2.05) is 54.6 Å². The molecule has 2 heterocycles. The molecule has 0 aliphatic rings. The summed E-state index contributed by atoms with van der Waals surface area (Å²) in [4.78, 5) is 13.1. The van der Waals surface area contributed by atoms with Crippen LogP contribution in [-0.4, -0.2) is 15.0 Å². The third kappa shape index (κ3) is 3.72. The average molecular weight is 327 g/mol. The van der Waals surface area contributed by atoms with Gasteiger partial charge in [0.25, 0.3) is 0 Å². The number of nitrogens with one attached hydrogen (secondary N) is 2. The van der Waals surface area contributed by atoms with Gasteiger partial charge < -0.3 is 10.6 Å². The van der Waals surface area contributed by atoms with Gasteiger partial charge in [-0.1, -0.05) is 36.4 Å². The van der Waals surface area contributed by atoms with Crippen LogP contribution in [-0.2, 0) is 6.54 Å². The van der Waals surface area contributed by atoms with Crippen LogP contribution in [0.25, 0.3) is 10.9 Å². The molecule has 0 unspecified atom stereocenters. The topological polar surface area (TPSA) is 62.7 Å². The Morgan fingerprint density at radius 3 is 2.64 bits per heavy atom. The Morgan fingerprint density at radius 1 is 0.800 bits per heavy atom. The summed E-state index contributed by atoms with van der Waals surface area (Å²) in [5.74, 6) is 1.34. The van der Waals surface area contributed by atoms with E-state index >= 15 is 0 Å². The lowest BCUT2D eigenvalue weighted by Gasteiger charge is -2.09. The highest BCUT2D eigenvalue weighted by atomic mass is 15.1. The van der Waals surface area contributed by atoms with Gasteiger partial charge in [0, 0.05) is 30.0 Å². The first-order valence-corrected chi connectivity index (χ1v) is 8.09. The molecule has 2 aromatic heterocycles. The number of anilines is 3. The Balaban J connectivity index is 1.48. The second-order valence-corrected chi connectivity index (χ2v) is 5.64. The molecule has 0 radical (unpaired) electrons. The number of nitrogens with zero attached hydrogens (tertiary/aromatic N) is 3. The summed E-state index contributed by atoms with van der Waals surface area (Å²) >= 11 is 0. The van der Waals surface area contributed by atoms with E-state index in [0.717, 1.165) is 29.0 Å². The molecule has 2 N–H and O–H groups in total. The van der Waals surface area contributed by atoms with E-state index in [1.165, 1.54) is 5.56 Å². The molecule has 4 rings (SSSR count). The van der Waals surface area contributed by atoms with Crippen LogP contribution >= 0.6 is 0 Å². The molecule has 2 aromatic carbocycles. The smallest absolute Gasteiger partial charge is 0.229 e. The first-order chi connectivity index (χ1) is 12.4. The van der Waals surface area contributed by atoms with Crippen molar-refractivity contribution in [3.05, 3.63) is 84.7 Å². The van der Waals surface area contributed by atoms with Crippen LogP contribution in [0.3, 0.4) is 0 Å². The molecule has 0 saturated carbocycles. The zero-order valence-electron chi connectivity index (χ0n) is 13.6. The predicted molar refractivity (Wildman–Crippen MR) is 101 cm³/mol. The highest BCUT2D eigenvalue weighted by Gasteiger charge is 2.02. The fourth-order valence-corrected chi connectivity index (χ4v) is 2.59. The molecule has 0 saturated heterocycles. The van der Waals surface area contributed by atoms with E-state index in [1.54, 1.807) is 12.4 Å². The largest absolute Gasteiger partial charge is 0.366 e. The minimum absolute atomic E-state index is 0.557. The standard InChI is InChI=1S/C20H17N5/c1-2-5-15(6-3-1)14-23-19-10-12-22-20(25-19)24-17-8-9-18-16(13-17)7-4-11-21-18/h1-13H,14H2,(H2,22,23,24,25). The summed E-state index contributed by atoms with van der Waals surface area (Å²) in [5.41, 5.74) is 3.10. The molecular weight excluding hydrogens is 310 g/mol. The van der Waals surface area contributed by atoms with E-state index in [-0.39, 0.29) is 0 Å². The van der Waals surface area contributed by atoms with Crippen molar-refractivity contribution < 1.29 is 0 Å². The summed E-state index contributed by atoms with van der Waals surface area (Å²) in [6, 6.07) is 22.0. The van der Waals surface area contributed by atoms with Crippen molar-refractivity contribution in [2.75, 3.05) is 10.6 Å². The summed E-state index contributed by atoms with van der Waals surface area (Å²) in [5, 5.41) is 7.64. The van der Waals surface area contributed by atoms with Gasteiger partial charge in [0.2, 0.25) is 5.95 Å². The molecule has 25 heavy (non-hydrogen) atoms. The Bertz CT molecular complexity index is 985. The highest BCUT2D eigenvalue weighted by molar-refractivity contribution is 5.82. The van der Waals surface area contributed by atoms with Crippen molar-refractivity contribution in [3.8, 4) is 0 Å². The normalized spacial score (nSPS) is 10.6. The molecule has 0 amide bonds. The number of pyridine rings is 1. The summed E-state index contributed by atoms with van der Waals surface area (Å²) in [7, 11) is 0. The molecule has 0 aliphatic carbocycles. The van der Waals surface area contributed by atoms with Gasteiger partial charge in [-0.3, -0.25) is 4.98 Å². The van der Waals surface area contributed by atoms with Crippen LogP contribution in [0.2, 0.25) is 0 Å². The van der Waals surface area contributed by atoms with Crippen molar-refractivity contribution in [3.63, 3.8) is 0 Å². The number of hydrogen-bond acceptors (Lipinski definition) is 5. The Morgan fingerprint density at radius 2 is 1.72 bits per heavy atom. The maximum absolute atomic E-state index is 4.51. The van der Waals surface area contributed by atoms with Crippen molar-refractivity contribution in [2.45, 2.75) is 6.54 Å². The lowest BCUT2D eigenvalue weighted by molar-refractivity contribution is 1.08. The van der Waals surface area contributed by atoms with Gasteiger partial charge >= 0.3 is 0 Å². The minimum atomic E-state index is 0.557. The number of benzene rings is 2. The van der Waals surface area contributed by atoms with Crippen molar-refractivity contribution in [1.29, 1.82) is 0 Å². The second-order valence-electron chi connectivity index (χ2n) is 5.64. The van der Waals surface area contributed by atoms with E-state index in [9.17, 15) is 0 Å². The van der Waals surface area contributed by atoms with E-state index in [2.05, 4.69) is 37.7 Å². The third-order valence-electron chi connectivity index (χ3n) is 3.83. The SMILES string of the molecule is c1ccc(CNc2ccnc(Nc3ccc4ncccc4c3)n2)cc1. The first-order valence-electron chi connectivity index (χ1n) is 8.09. The first kappa shape index (κ1) is 15.1. The third-order valence-corrected chi connectivity index (χ3v) is 3.83. The Labute approximate surface area is 145 Å². The second kappa shape index (κ2) is 6.97. The Kier molecular flexibility index (Phi) is 4.20. The molecule has 0 spiro atoms. The number of aromatic nitrogens is 3. The van der Waals surface area contributed by atoms with Gasteiger partial charge in [0.05, 0.1) is 5.52 Å². The highest BCUT2D eigenvalue weighted by Crippen LogP contribution is 2.20. The summed E-state index contributed by atoms with van der Waals surface area (Å²) < 4.78 is 0. The fraction of sp³-hybridized carbons (Fsp3) is 0.0500. The molecule has 0 bridgehead atoms. The van der Waals surface area contributed by atoms with Crippen molar-refractivity contribution in [1.82, 2.24) is 15.0 Å². The molecular formula is C20H17N5. The molecule has 5 nitrogen and oxygen atoms in total. The van der Waals surface area contributed by atoms with Crippen LogP contribution < -0.4 is 10.6 Å². The van der Waals surface area contributed by atoms with Crippen LogP contribution in [0.4, 0.5) is 17.5 Å². The number of hydrogen-bond donors (Lipinski definition) is 2. The lowest BCUT2D eigenvalue weighted by atomic mass is 10.2. The van der Waals surface area contributed by atoms with Crippen molar-refractivity contribution in [2.24, 2.45) is 0 Å². The van der Waals surface area contributed by atoms with Crippen LogP contribution in [0.5, 0.6) is 0 Å². The summed E-state index contributed by atoms with van der Waals surface area (Å²) in [6.45, 7) is 0.721. The number of rotatable bonds is 5. The van der Waals surface area contributed by atoms with Gasteiger partial charge in [0.15, 0.2) is 0 Å². The Hall–Kier alpha value is -3.47. The zero-order chi connectivity index (χ0) is 16.9. The average Bonchev–Trinajstić information content (AvgIpc) is 2.67.